The molecule has 0 bridgehead atoms. The molecule has 164 valence electrons. The number of carbonyl (C=O) groups excluding carboxylic acids is 2. The first-order chi connectivity index (χ1) is 15.0. The topological polar surface area (TPSA) is 166 Å². The molecule has 3 rings (SSSR count). The monoisotopic (exact) mass is 428 g/mol. The van der Waals surface area contributed by atoms with Crippen molar-refractivity contribution in [2.45, 2.75) is 26.0 Å². The molecule has 2 aromatic rings. The molecule has 1 aliphatic heterocycles. The van der Waals surface area contributed by atoms with Gasteiger partial charge in [-0.15, -0.1) is 0 Å². The first-order valence-electron chi connectivity index (χ1n) is 9.23. The quantitative estimate of drug-likeness (QED) is 0.182. The fraction of sp³-hybridized carbons (Fsp3) is 0.190. The van der Waals surface area contributed by atoms with Crippen molar-refractivity contribution < 1.29 is 29.9 Å². The van der Waals surface area contributed by atoms with Crippen LogP contribution in [0.4, 0.5) is 0 Å². The highest BCUT2D eigenvalue weighted by molar-refractivity contribution is 6.06. The number of fused-ring (bicyclic) bond motifs is 1. The molecule has 1 aliphatic rings. The smallest absolute Gasteiger partial charge is 0.267 e. The molecule has 0 spiro atoms. The lowest BCUT2D eigenvalue weighted by atomic mass is 9.98. The summed E-state index contributed by atoms with van der Waals surface area (Å²) in [4.78, 5) is 23.5. The Morgan fingerprint density at radius 2 is 1.94 bits per heavy atom. The van der Waals surface area contributed by atoms with Crippen molar-refractivity contribution in [1.29, 1.82) is 0 Å². The van der Waals surface area contributed by atoms with E-state index in [4.69, 9.17) is 15.2 Å². The van der Waals surface area contributed by atoms with Crippen LogP contribution in [-0.4, -0.2) is 39.3 Å². The van der Waals surface area contributed by atoms with Crippen LogP contribution in [0.15, 0.2) is 53.7 Å². The average molecular weight is 428 g/mol. The molecule has 2 amide bonds. The van der Waals surface area contributed by atoms with Gasteiger partial charge in [0.05, 0.1) is 5.71 Å². The third-order valence-corrected chi connectivity index (χ3v) is 4.49. The zero-order valence-corrected chi connectivity index (χ0v) is 16.8. The number of carbonyl (C=O) groups is 2. The van der Waals surface area contributed by atoms with Crippen LogP contribution in [0.2, 0.25) is 0 Å². The lowest BCUT2D eigenvalue weighted by Gasteiger charge is -2.26. The van der Waals surface area contributed by atoms with E-state index in [1.54, 1.807) is 24.3 Å². The van der Waals surface area contributed by atoms with E-state index in [0.29, 0.717) is 23.6 Å². The number of nitrogens with two attached hydrogens (primary N) is 1. The van der Waals surface area contributed by atoms with E-state index in [2.05, 4.69) is 16.4 Å². The van der Waals surface area contributed by atoms with E-state index in [9.17, 15) is 14.8 Å². The number of ether oxygens (including phenoxy) is 1. The number of hydrogen-bond donors (Lipinski definition) is 6. The highest BCUT2D eigenvalue weighted by Crippen LogP contribution is 2.29. The van der Waals surface area contributed by atoms with Crippen molar-refractivity contribution in [3.63, 3.8) is 0 Å². The first kappa shape index (κ1) is 23.5. The first-order valence-corrected chi connectivity index (χ1v) is 9.23. The van der Waals surface area contributed by atoms with Gasteiger partial charge in [-0.2, -0.15) is 0 Å². The second-order valence-corrected chi connectivity index (χ2v) is 6.63. The Labute approximate surface area is 178 Å². The zero-order chi connectivity index (χ0) is 22.8. The van der Waals surface area contributed by atoms with Crippen LogP contribution < -0.4 is 21.4 Å². The van der Waals surface area contributed by atoms with Crippen molar-refractivity contribution in [3.05, 3.63) is 70.8 Å². The van der Waals surface area contributed by atoms with Crippen LogP contribution in [0.1, 0.15) is 28.7 Å². The summed E-state index contributed by atoms with van der Waals surface area (Å²) in [6, 6.07) is 12.7. The summed E-state index contributed by atoms with van der Waals surface area (Å²) in [6.45, 7) is 2.22. The predicted octanol–water partition coefficient (Wildman–Crippen LogP) is 1.49. The Kier molecular flexibility index (Phi) is 8.70. The van der Waals surface area contributed by atoms with Crippen LogP contribution in [0.25, 0.3) is 6.08 Å². The number of hydrogen-bond acceptors (Lipinski definition) is 8. The highest BCUT2D eigenvalue weighted by atomic mass is 16.5. The Bertz CT molecular complexity index is 972. The summed E-state index contributed by atoms with van der Waals surface area (Å²) in [5.74, 6) is 3.09. The molecule has 0 saturated heterocycles. The van der Waals surface area contributed by atoms with Crippen LogP contribution in [0.3, 0.4) is 0 Å². The minimum absolute atomic E-state index is 0.176. The van der Waals surface area contributed by atoms with Gasteiger partial charge in [-0.25, -0.2) is 11.4 Å². The Morgan fingerprint density at radius 3 is 2.58 bits per heavy atom. The summed E-state index contributed by atoms with van der Waals surface area (Å²) in [5, 5.41) is 30.4. The number of rotatable bonds is 5. The van der Waals surface area contributed by atoms with Gasteiger partial charge in [0.2, 0.25) is 0 Å². The Morgan fingerprint density at radius 1 is 1.23 bits per heavy atom. The summed E-state index contributed by atoms with van der Waals surface area (Å²) in [5.41, 5.74) is 5.27. The molecule has 0 radical (unpaired) electrons. The zero-order valence-electron chi connectivity index (χ0n) is 16.8. The van der Waals surface area contributed by atoms with E-state index in [0.717, 1.165) is 16.7 Å². The number of amides is 2. The summed E-state index contributed by atoms with van der Waals surface area (Å²) in [6.07, 6.45) is 2.15. The largest absolute Gasteiger partial charge is 0.479 e. The maximum atomic E-state index is 12.5. The van der Waals surface area contributed by atoms with Crippen molar-refractivity contribution >= 4 is 23.6 Å². The van der Waals surface area contributed by atoms with E-state index in [1.807, 2.05) is 31.2 Å². The third kappa shape index (κ3) is 6.37. The van der Waals surface area contributed by atoms with Gasteiger partial charge in [-0.05, 0) is 36.3 Å². The van der Waals surface area contributed by atoms with Gasteiger partial charge in [0.1, 0.15) is 5.75 Å². The molecular weight excluding hydrogens is 404 g/mol. The average Bonchev–Trinajstić information content (AvgIpc) is 2.82. The Hall–Kier alpha value is -3.73. The molecule has 2 aromatic carbocycles. The fourth-order valence-corrected chi connectivity index (χ4v) is 2.95. The third-order valence-electron chi connectivity index (χ3n) is 4.49. The van der Waals surface area contributed by atoms with Gasteiger partial charge >= 0.3 is 0 Å². The summed E-state index contributed by atoms with van der Waals surface area (Å²) >= 11 is 0. The van der Waals surface area contributed by atoms with Gasteiger partial charge in [0.25, 0.3) is 11.8 Å². The molecule has 0 fully saturated rings. The maximum Gasteiger partial charge on any atom is 0.267 e. The standard InChI is InChI=1S/C21H21N3O5.H3NO/c1-13-2-8-18-16(10-13)17(23-27)11-19(29-18)21(26)22-12-15-5-3-14(4-6-15)7-9-20(25)24-28;1-2/h2-10,19,27-28H,11-12H2,1H3,(H,22,26)(H,24,25);2H,1H2/b9-7+,23-17-;. The van der Waals surface area contributed by atoms with E-state index in [1.165, 1.54) is 11.6 Å². The fourth-order valence-electron chi connectivity index (χ4n) is 2.95. The van der Waals surface area contributed by atoms with Crippen LogP contribution >= 0.6 is 0 Å². The molecule has 1 atom stereocenters. The van der Waals surface area contributed by atoms with Crippen molar-refractivity contribution in [1.82, 2.24) is 10.8 Å². The SMILES string of the molecule is Cc1ccc2c(c1)/C(=N\O)CC(C(=O)NCc1ccc(/C=C/C(=O)NO)cc1)O2.NO. The number of aryl methyl sites for hydroxylation is 1. The van der Waals surface area contributed by atoms with Gasteiger partial charge in [-0.1, -0.05) is 41.1 Å². The van der Waals surface area contributed by atoms with Gasteiger partial charge in [-0.3, -0.25) is 14.8 Å². The van der Waals surface area contributed by atoms with Gasteiger partial charge < -0.3 is 20.5 Å². The second-order valence-electron chi connectivity index (χ2n) is 6.63. The molecule has 0 aliphatic carbocycles. The molecule has 0 saturated carbocycles. The summed E-state index contributed by atoms with van der Waals surface area (Å²) < 4.78 is 5.78. The highest BCUT2D eigenvalue weighted by Gasteiger charge is 2.30. The molecule has 31 heavy (non-hydrogen) atoms. The number of benzene rings is 2. The van der Waals surface area contributed by atoms with Crippen molar-refractivity contribution in [2.24, 2.45) is 11.1 Å². The molecule has 10 nitrogen and oxygen atoms in total. The lowest BCUT2D eigenvalue weighted by Crippen LogP contribution is -2.41. The molecular formula is C21H24N4O6. The number of nitrogens with one attached hydrogen (secondary N) is 2. The van der Waals surface area contributed by atoms with E-state index >= 15 is 0 Å². The minimum Gasteiger partial charge on any atom is -0.479 e. The molecule has 0 aromatic heterocycles. The number of oxime groups is 1. The number of nitrogens with zero attached hydrogens (tertiary/aromatic N) is 1. The minimum atomic E-state index is -0.782. The summed E-state index contributed by atoms with van der Waals surface area (Å²) in [7, 11) is 0. The molecule has 1 unspecified atom stereocenters. The second kappa shape index (κ2) is 11.5. The van der Waals surface area contributed by atoms with Crippen molar-refractivity contribution in [2.75, 3.05) is 0 Å². The van der Waals surface area contributed by atoms with Gasteiger partial charge in [0, 0.05) is 24.6 Å². The Balaban J connectivity index is 0.00000166. The lowest BCUT2D eigenvalue weighted by molar-refractivity contribution is -0.128. The van der Waals surface area contributed by atoms with E-state index < -0.39 is 12.0 Å². The normalized spacial score (nSPS) is 16.0. The molecule has 1 heterocycles. The van der Waals surface area contributed by atoms with Gasteiger partial charge in [0.15, 0.2) is 6.10 Å². The van der Waals surface area contributed by atoms with Crippen LogP contribution in [0, 0.1) is 6.92 Å². The van der Waals surface area contributed by atoms with E-state index in [-0.39, 0.29) is 12.3 Å². The molecule has 7 N–H and O–H groups in total. The number of hydroxylamine groups is 1. The van der Waals surface area contributed by atoms with Crippen molar-refractivity contribution in [3.8, 4) is 5.75 Å². The predicted molar refractivity (Wildman–Crippen MR) is 112 cm³/mol. The van der Waals surface area contributed by atoms with Crippen LogP contribution in [-0.2, 0) is 16.1 Å². The molecule has 10 heteroatoms. The maximum absolute atomic E-state index is 12.5. The van der Waals surface area contributed by atoms with Crippen LogP contribution in [0.5, 0.6) is 5.75 Å².